The van der Waals surface area contributed by atoms with Gasteiger partial charge in [-0.3, -0.25) is 4.79 Å². The Morgan fingerprint density at radius 3 is 2.46 bits per heavy atom. The molecule has 0 unspecified atom stereocenters. The van der Waals surface area contributed by atoms with Crippen LogP contribution in [0.25, 0.3) is 0 Å². The zero-order valence-corrected chi connectivity index (χ0v) is 15.3. The normalized spacial score (nSPS) is 32.0. The molecule has 6 rings (SSSR count). The second-order valence-electron chi connectivity index (χ2n) is 8.40. The number of nitrogens with zero attached hydrogens (tertiary/aromatic N) is 1. The molecule has 1 heterocycles. The van der Waals surface area contributed by atoms with Crippen molar-refractivity contribution in [3.05, 3.63) is 35.0 Å². The Hall–Kier alpha value is -1.95. The minimum absolute atomic E-state index is 0.193. The molecule has 136 valence electrons. The maximum atomic E-state index is 13.4. The van der Waals surface area contributed by atoms with Crippen LogP contribution in [0.15, 0.2) is 24.3 Å². The third kappa shape index (κ3) is 2.62. The third-order valence-corrected chi connectivity index (χ3v) is 7.44. The largest absolute Gasteiger partial charge is 0.382 e. The summed E-state index contributed by atoms with van der Waals surface area (Å²) in [6.07, 6.45) is 6.96. The highest BCUT2D eigenvalue weighted by Crippen LogP contribution is 2.61. The summed E-state index contributed by atoms with van der Waals surface area (Å²) in [6.45, 7) is 0. The van der Waals surface area contributed by atoms with Gasteiger partial charge in [-0.05, 0) is 74.5 Å². The molecule has 0 amide bonds. The zero-order chi connectivity index (χ0) is 17.9. The van der Waals surface area contributed by atoms with Gasteiger partial charge in [0.05, 0.1) is 0 Å². The molecule has 4 aliphatic rings. The number of Topliss-reactive ketones (excluding diaryl/α,β-unsaturated/α-hetero) is 1. The van der Waals surface area contributed by atoms with Crippen LogP contribution in [0, 0.1) is 29.0 Å². The molecule has 0 saturated heterocycles. The van der Waals surface area contributed by atoms with E-state index in [1.165, 1.54) is 42.7 Å². The number of hydrogen-bond acceptors (Lipinski definition) is 5. The second kappa shape index (κ2) is 5.78. The van der Waals surface area contributed by atoms with Crippen LogP contribution in [0.1, 0.15) is 48.2 Å². The number of thiazole rings is 1. The SMILES string of the molecule is Nc1nc(Nc2cccc(F)c2)sc1C(=O)C12CC3CC(CC(C3)C1)C2. The quantitative estimate of drug-likeness (QED) is 0.742. The average molecular weight is 371 g/mol. The van der Waals surface area contributed by atoms with Crippen molar-refractivity contribution in [3.63, 3.8) is 0 Å². The van der Waals surface area contributed by atoms with E-state index in [2.05, 4.69) is 10.3 Å². The molecule has 4 nitrogen and oxygen atoms in total. The fraction of sp³-hybridized carbons (Fsp3) is 0.500. The Balaban J connectivity index is 1.42. The van der Waals surface area contributed by atoms with Gasteiger partial charge in [0.15, 0.2) is 10.9 Å². The molecule has 4 saturated carbocycles. The van der Waals surface area contributed by atoms with Crippen molar-refractivity contribution in [3.8, 4) is 0 Å². The van der Waals surface area contributed by atoms with E-state index < -0.39 is 0 Å². The number of aromatic nitrogens is 1. The number of nitrogens with one attached hydrogen (secondary N) is 1. The highest BCUT2D eigenvalue weighted by atomic mass is 32.1. The number of carbonyl (C=O) groups excluding carboxylic acids is 1. The Morgan fingerprint density at radius 1 is 1.19 bits per heavy atom. The van der Waals surface area contributed by atoms with E-state index >= 15 is 0 Å². The number of nitrogen functional groups attached to an aromatic ring is 1. The van der Waals surface area contributed by atoms with E-state index in [1.54, 1.807) is 12.1 Å². The van der Waals surface area contributed by atoms with Crippen molar-refractivity contribution in [2.24, 2.45) is 23.2 Å². The molecule has 0 spiro atoms. The second-order valence-corrected chi connectivity index (χ2v) is 9.39. The first kappa shape index (κ1) is 16.2. The van der Waals surface area contributed by atoms with Crippen LogP contribution in [0.5, 0.6) is 0 Å². The number of halogens is 1. The molecule has 0 radical (unpaired) electrons. The predicted molar refractivity (Wildman–Crippen MR) is 101 cm³/mol. The van der Waals surface area contributed by atoms with E-state index in [0.717, 1.165) is 19.3 Å². The van der Waals surface area contributed by atoms with Gasteiger partial charge in [-0.25, -0.2) is 9.37 Å². The highest BCUT2D eigenvalue weighted by Gasteiger charge is 2.55. The summed E-state index contributed by atoms with van der Waals surface area (Å²) in [6, 6.07) is 6.19. The van der Waals surface area contributed by atoms with Crippen molar-refractivity contribution in [1.82, 2.24) is 4.98 Å². The first-order chi connectivity index (χ1) is 12.5. The molecule has 6 heteroatoms. The molecule has 0 atom stereocenters. The van der Waals surface area contributed by atoms with E-state index in [-0.39, 0.29) is 17.0 Å². The lowest BCUT2D eigenvalue weighted by Crippen LogP contribution is -2.49. The summed E-state index contributed by atoms with van der Waals surface area (Å²) in [5, 5.41) is 3.61. The van der Waals surface area contributed by atoms with Gasteiger partial charge < -0.3 is 11.1 Å². The number of benzene rings is 1. The van der Waals surface area contributed by atoms with Crippen molar-refractivity contribution in [2.45, 2.75) is 38.5 Å². The summed E-state index contributed by atoms with van der Waals surface area (Å²) in [7, 11) is 0. The standard InChI is InChI=1S/C20H22FN3OS/c21-14-2-1-3-15(7-14)23-19-24-18(22)16(26-19)17(25)20-8-11-4-12(9-20)6-13(5-11)10-20/h1-3,7,11-13H,4-6,8-10,22H2,(H,23,24). The Labute approximate surface area is 156 Å². The summed E-state index contributed by atoms with van der Waals surface area (Å²) in [4.78, 5) is 18.3. The maximum absolute atomic E-state index is 13.4. The topological polar surface area (TPSA) is 68.0 Å². The monoisotopic (exact) mass is 371 g/mol. The number of hydrogen-bond donors (Lipinski definition) is 2. The number of ketones is 1. The zero-order valence-electron chi connectivity index (χ0n) is 14.5. The van der Waals surface area contributed by atoms with Gasteiger partial charge in [-0.2, -0.15) is 0 Å². The molecular formula is C20H22FN3OS. The van der Waals surface area contributed by atoms with Crippen LogP contribution in [-0.4, -0.2) is 10.8 Å². The van der Waals surface area contributed by atoms with Crippen molar-refractivity contribution in [1.29, 1.82) is 0 Å². The van der Waals surface area contributed by atoms with Crippen LogP contribution >= 0.6 is 11.3 Å². The fourth-order valence-corrected chi connectivity index (χ4v) is 6.83. The van der Waals surface area contributed by atoms with Gasteiger partial charge >= 0.3 is 0 Å². The smallest absolute Gasteiger partial charge is 0.189 e. The number of anilines is 3. The van der Waals surface area contributed by atoms with Crippen LogP contribution in [0.3, 0.4) is 0 Å². The molecule has 26 heavy (non-hydrogen) atoms. The molecule has 4 fully saturated rings. The summed E-state index contributed by atoms with van der Waals surface area (Å²) in [5.74, 6) is 2.32. The fourth-order valence-electron chi connectivity index (χ4n) is 5.87. The molecule has 4 bridgehead atoms. The van der Waals surface area contributed by atoms with Gasteiger partial charge in [-0.15, -0.1) is 0 Å². The van der Waals surface area contributed by atoms with Crippen molar-refractivity contribution >= 4 is 33.8 Å². The number of rotatable bonds is 4. The molecule has 4 aliphatic carbocycles. The van der Waals surface area contributed by atoms with Crippen molar-refractivity contribution in [2.75, 3.05) is 11.1 Å². The van der Waals surface area contributed by atoms with Gasteiger partial charge in [0, 0.05) is 11.1 Å². The van der Waals surface area contributed by atoms with E-state index in [0.29, 0.717) is 39.3 Å². The third-order valence-electron chi connectivity index (χ3n) is 6.46. The van der Waals surface area contributed by atoms with Crippen LogP contribution in [0.4, 0.5) is 21.0 Å². The van der Waals surface area contributed by atoms with Gasteiger partial charge in [0.1, 0.15) is 16.5 Å². The molecule has 0 aliphatic heterocycles. The first-order valence-electron chi connectivity index (χ1n) is 9.34. The van der Waals surface area contributed by atoms with Crippen LogP contribution in [0.2, 0.25) is 0 Å². The molecule has 2 aromatic rings. The van der Waals surface area contributed by atoms with E-state index in [1.807, 2.05) is 0 Å². The summed E-state index contributed by atoms with van der Waals surface area (Å²) >= 11 is 1.30. The van der Waals surface area contributed by atoms with Crippen LogP contribution in [-0.2, 0) is 0 Å². The van der Waals surface area contributed by atoms with E-state index in [4.69, 9.17) is 5.73 Å². The van der Waals surface area contributed by atoms with Gasteiger partial charge in [-0.1, -0.05) is 17.4 Å². The molecular weight excluding hydrogens is 349 g/mol. The van der Waals surface area contributed by atoms with Gasteiger partial charge in [0.2, 0.25) is 0 Å². The average Bonchev–Trinajstić information content (AvgIpc) is 2.93. The maximum Gasteiger partial charge on any atom is 0.189 e. The molecule has 3 N–H and O–H groups in total. The summed E-state index contributed by atoms with van der Waals surface area (Å²) in [5.41, 5.74) is 6.50. The number of carbonyl (C=O) groups is 1. The lowest BCUT2D eigenvalue weighted by atomic mass is 9.48. The van der Waals surface area contributed by atoms with Crippen molar-refractivity contribution < 1.29 is 9.18 Å². The molecule has 1 aromatic heterocycles. The molecule has 1 aromatic carbocycles. The first-order valence-corrected chi connectivity index (χ1v) is 10.2. The van der Waals surface area contributed by atoms with E-state index in [9.17, 15) is 9.18 Å². The van der Waals surface area contributed by atoms with Gasteiger partial charge in [0.25, 0.3) is 0 Å². The minimum Gasteiger partial charge on any atom is -0.382 e. The number of nitrogens with two attached hydrogens (primary N) is 1. The highest BCUT2D eigenvalue weighted by molar-refractivity contribution is 7.18. The Morgan fingerprint density at radius 2 is 1.85 bits per heavy atom. The minimum atomic E-state index is -0.315. The lowest BCUT2D eigenvalue weighted by molar-refractivity contribution is -0.0350. The Kier molecular flexibility index (Phi) is 3.61. The lowest BCUT2D eigenvalue weighted by Gasteiger charge is -2.55. The summed E-state index contributed by atoms with van der Waals surface area (Å²) < 4.78 is 13.4. The Bertz CT molecular complexity index is 842. The predicted octanol–water partition coefficient (Wildman–Crippen LogP) is 5.01. The van der Waals surface area contributed by atoms with Crippen LogP contribution < -0.4 is 11.1 Å².